The van der Waals surface area contributed by atoms with E-state index < -0.39 is 42.8 Å². The highest BCUT2D eigenvalue weighted by Gasteiger charge is 2.50. The average molecular weight is 589 g/mol. The van der Waals surface area contributed by atoms with Crippen molar-refractivity contribution >= 4 is 31.6 Å². The molecule has 0 aromatic heterocycles. The predicted octanol–water partition coefficient (Wildman–Crippen LogP) is 4.58. The molecule has 0 aliphatic carbocycles. The standard InChI is InChI=1S/C22H22F6N2O6S2/c1-29-11-3-5-13-7-9-15(35-37(31,32)21(23,24)25)17(19(13)29)18-16(36-38(33,34)22(26,27)28)10-8-14-6-4-12-30(2)20(14)18/h7-10H,3-6,11-12H2,1-2H3. The van der Waals surface area contributed by atoms with E-state index in [0.717, 1.165) is 12.1 Å². The average Bonchev–Trinajstić information content (AvgIpc) is 2.78. The van der Waals surface area contributed by atoms with Crippen molar-refractivity contribution in [3.05, 3.63) is 35.4 Å². The van der Waals surface area contributed by atoms with Gasteiger partial charge < -0.3 is 18.2 Å². The molecule has 0 saturated carbocycles. The van der Waals surface area contributed by atoms with Gasteiger partial charge in [-0.3, -0.25) is 0 Å². The second kappa shape index (κ2) is 9.39. The summed E-state index contributed by atoms with van der Waals surface area (Å²) in [5, 5.41) is 0. The zero-order chi connectivity index (χ0) is 28.3. The van der Waals surface area contributed by atoms with Crippen LogP contribution in [-0.2, 0) is 33.1 Å². The lowest BCUT2D eigenvalue weighted by molar-refractivity contribution is -0.0505. The van der Waals surface area contributed by atoms with Gasteiger partial charge in [0.25, 0.3) is 0 Å². The molecule has 2 aliphatic rings. The summed E-state index contributed by atoms with van der Waals surface area (Å²) in [6.45, 7) is 0.745. The first-order valence-electron chi connectivity index (χ1n) is 11.2. The minimum atomic E-state index is -6.20. The summed E-state index contributed by atoms with van der Waals surface area (Å²) in [7, 11) is -9.27. The summed E-state index contributed by atoms with van der Waals surface area (Å²) in [5.74, 6) is -1.67. The number of hydrogen-bond acceptors (Lipinski definition) is 8. The molecule has 2 aromatic carbocycles. The van der Waals surface area contributed by atoms with Crippen LogP contribution in [-0.4, -0.2) is 55.0 Å². The number of halogens is 6. The van der Waals surface area contributed by atoms with E-state index >= 15 is 0 Å². The van der Waals surface area contributed by atoms with Gasteiger partial charge in [0.1, 0.15) is 0 Å². The first-order valence-corrected chi connectivity index (χ1v) is 14.0. The molecule has 0 amide bonds. The summed E-state index contributed by atoms with van der Waals surface area (Å²) in [4.78, 5) is 3.18. The summed E-state index contributed by atoms with van der Waals surface area (Å²) in [5.41, 5.74) is -10.8. The molecule has 0 unspecified atom stereocenters. The Labute approximate surface area is 215 Å². The zero-order valence-electron chi connectivity index (χ0n) is 20.0. The maximum absolute atomic E-state index is 13.3. The summed E-state index contributed by atoms with van der Waals surface area (Å²) in [6.07, 6.45) is 2.09. The Hall–Kier alpha value is -2.88. The van der Waals surface area contributed by atoms with Gasteiger partial charge in [0.05, 0.1) is 22.5 Å². The minimum absolute atomic E-state index is 0.188. The lowest BCUT2D eigenvalue weighted by atomic mass is 9.88. The van der Waals surface area contributed by atoms with Crippen LogP contribution in [0, 0.1) is 0 Å². The van der Waals surface area contributed by atoms with Gasteiger partial charge in [-0.15, -0.1) is 0 Å². The third-order valence-electron chi connectivity index (χ3n) is 6.31. The predicted molar refractivity (Wildman–Crippen MR) is 126 cm³/mol. The van der Waals surface area contributed by atoms with Crippen LogP contribution in [0.5, 0.6) is 11.5 Å². The summed E-state index contributed by atoms with van der Waals surface area (Å²) < 4.78 is 137. The van der Waals surface area contributed by atoms with Crippen molar-refractivity contribution < 1.29 is 51.5 Å². The van der Waals surface area contributed by atoms with Crippen molar-refractivity contribution in [3.63, 3.8) is 0 Å². The van der Waals surface area contributed by atoms with Crippen LogP contribution < -0.4 is 18.2 Å². The number of aryl methyl sites for hydroxylation is 2. The molecule has 0 saturated heterocycles. The lowest BCUT2D eigenvalue weighted by Gasteiger charge is -2.35. The molecule has 16 heteroatoms. The third kappa shape index (κ3) is 4.95. The molecular formula is C22H22F6N2O6S2. The lowest BCUT2D eigenvalue weighted by Crippen LogP contribution is -2.31. The van der Waals surface area contributed by atoms with Gasteiger partial charge in [-0.05, 0) is 48.9 Å². The molecular weight excluding hydrogens is 566 g/mol. The highest BCUT2D eigenvalue weighted by Crippen LogP contribution is 2.53. The van der Waals surface area contributed by atoms with Gasteiger partial charge in [0.15, 0.2) is 11.5 Å². The number of alkyl halides is 6. The van der Waals surface area contributed by atoms with Crippen LogP contribution in [0.3, 0.4) is 0 Å². The van der Waals surface area contributed by atoms with Crippen molar-refractivity contribution in [1.82, 2.24) is 0 Å². The van der Waals surface area contributed by atoms with E-state index in [-0.39, 0.29) is 22.5 Å². The fourth-order valence-corrected chi connectivity index (χ4v) is 5.64. The number of rotatable bonds is 5. The van der Waals surface area contributed by atoms with E-state index in [1.807, 2.05) is 0 Å². The third-order valence-corrected chi connectivity index (χ3v) is 8.24. The molecule has 0 atom stereocenters. The van der Waals surface area contributed by atoms with Crippen molar-refractivity contribution in [1.29, 1.82) is 0 Å². The van der Waals surface area contributed by atoms with Gasteiger partial charge in [-0.2, -0.15) is 43.2 Å². The number of anilines is 2. The van der Waals surface area contributed by atoms with E-state index in [1.165, 1.54) is 12.1 Å². The molecule has 0 spiro atoms. The Kier molecular flexibility index (Phi) is 6.96. The topological polar surface area (TPSA) is 93.2 Å². The molecule has 0 bridgehead atoms. The molecule has 2 aromatic rings. The van der Waals surface area contributed by atoms with Crippen molar-refractivity contribution in [2.75, 3.05) is 37.0 Å². The van der Waals surface area contributed by atoms with E-state index in [4.69, 9.17) is 0 Å². The van der Waals surface area contributed by atoms with Gasteiger partial charge in [-0.25, -0.2) is 0 Å². The first-order chi connectivity index (χ1) is 17.4. The first kappa shape index (κ1) is 28.1. The van der Waals surface area contributed by atoms with Crippen molar-refractivity contribution in [2.24, 2.45) is 0 Å². The summed E-state index contributed by atoms with van der Waals surface area (Å²) >= 11 is 0. The van der Waals surface area contributed by atoms with Crippen LogP contribution >= 0.6 is 0 Å². The number of fused-ring (bicyclic) bond motifs is 2. The second-order valence-electron chi connectivity index (χ2n) is 8.91. The van der Waals surface area contributed by atoms with Crippen LogP contribution in [0.2, 0.25) is 0 Å². The number of hydrogen-bond donors (Lipinski definition) is 0. The normalized spacial score (nSPS) is 16.6. The smallest absolute Gasteiger partial charge is 0.375 e. The number of benzene rings is 2. The monoisotopic (exact) mass is 588 g/mol. The molecule has 2 aliphatic heterocycles. The largest absolute Gasteiger partial charge is 0.534 e. The van der Waals surface area contributed by atoms with E-state index in [9.17, 15) is 43.2 Å². The highest BCUT2D eigenvalue weighted by atomic mass is 32.2. The Balaban J connectivity index is 2.11. The molecule has 38 heavy (non-hydrogen) atoms. The highest BCUT2D eigenvalue weighted by molar-refractivity contribution is 7.88. The van der Waals surface area contributed by atoms with Crippen LogP contribution in [0.1, 0.15) is 24.0 Å². The molecule has 0 fully saturated rings. The molecule has 210 valence electrons. The van der Waals surface area contributed by atoms with Crippen molar-refractivity contribution in [3.8, 4) is 22.6 Å². The molecule has 0 N–H and O–H groups in total. The van der Waals surface area contributed by atoms with Gasteiger partial charge in [0.2, 0.25) is 0 Å². The molecule has 4 rings (SSSR count). The van der Waals surface area contributed by atoms with Gasteiger partial charge in [-0.1, -0.05) is 12.1 Å². The SMILES string of the molecule is CN1CCCc2ccc(OS(=O)(=O)C(F)(F)F)c(-c3c(OS(=O)(=O)C(F)(F)F)ccc4c3N(C)CCC4)c21. The van der Waals surface area contributed by atoms with Crippen LogP contribution in [0.25, 0.3) is 11.1 Å². The molecule has 0 radical (unpaired) electrons. The maximum atomic E-state index is 13.3. The minimum Gasteiger partial charge on any atom is -0.375 e. The number of nitrogens with zero attached hydrogens (tertiary/aromatic N) is 2. The fourth-order valence-electron chi connectivity index (χ4n) is 4.70. The quantitative estimate of drug-likeness (QED) is 0.285. The summed E-state index contributed by atoms with van der Waals surface area (Å²) in [6, 6.07) is 4.67. The maximum Gasteiger partial charge on any atom is 0.534 e. The molecule has 8 nitrogen and oxygen atoms in total. The molecule has 2 heterocycles. The zero-order valence-corrected chi connectivity index (χ0v) is 21.6. The second-order valence-corrected chi connectivity index (χ2v) is 12.0. The van der Waals surface area contributed by atoms with Crippen molar-refractivity contribution in [2.45, 2.75) is 36.7 Å². The Morgan fingerprint density at radius 1 is 0.658 bits per heavy atom. The van der Waals surface area contributed by atoms with E-state index in [2.05, 4.69) is 8.37 Å². The van der Waals surface area contributed by atoms with Crippen LogP contribution in [0.4, 0.5) is 37.7 Å². The van der Waals surface area contributed by atoms with E-state index in [0.29, 0.717) is 49.9 Å². The Morgan fingerprint density at radius 3 is 1.32 bits per heavy atom. The van der Waals surface area contributed by atoms with Gasteiger partial charge >= 0.3 is 31.3 Å². The van der Waals surface area contributed by atoms with E-state index in [1.54, 1.807) is 23.9 Å². The Bertz CT molecular complexity index is 1360. The van der Waals surface area contributed by atoms with Gasteiger partial charge in [0, 0.05) is 27.2 Å². The van der Waals surface area contributed by atoms with Crippen LogP contribution in [0.15, 0.2) is 24.3 Å². The fraction of sp³-hybridized carbons (Fsp3) is 0.455. The Morgan fingerprint density at radius 2 is 1.00 bits per heavy atom.